The van der Waals surface area contributed by atoms with Gasteiger partial charge in [0.15, 0.2) is 0 Å². The molecule has 0 radical (unpaired) electrons. The first-order valence-corrected chi connectivity index (χ1v) is 5.85. The summed E-state index contributed by atoms with van der Waals surface area (Å²) in [4.78, 5) is 0. The molecule has 0 aliphatic heterocycles. The molecule has 2 nitrogen and oxygen atoms in total. The Morgan fingerprint density at radius 1 is 1.22 bits per heavy atom. The maximum absolute atomic E-state index is 12.7. The van der Waals surface area contributed by atoms with Crippen molar-refractivity contribution >= 4 is 0 Å². The number of nitrogens with one attached hydrogen (secondary N) is 1. The zero-order valence-corrected chi connectivity index (χ0v) is 10.5. The molecule has 0 aliphatic rings. The molecule has 102 valence electrons. The normalized spacial score (nSPS) is 15.4. The Morgan fingerprint density at radius 3 is 2.39 bits per heavy atom. The molecule has 1 aromatic rings. The topological polar surface area (TPSA) is 32.3 Å². The first-order chi connectivity index (χ1) is 8.36. The maximum Gasteiger partial charge on any atom is 0.416 e. The first-order valence-electron chi connectivity index (χ1n) is 5.85. The van der Waals surface area contributed by atoms with Crippen LogP contribution in [0, 0.1) is 5.92 Å². The van der Waals surface area contributed by atoms with Crippen LogP contribution in [0.3, 0.4) is 0 Å². The largest absolute Gasteiger partial charge is 0.416 e. The van der Waals surface area contributed by atoms with Gasteiger partial charge in [-0.1, -0.05) is 25.1 Å². The molecular weight excluding hydrogens is 243 g/mol. The Hall–Kier alpha value is -1.07. The number of hydrogen-bond donors (Lipinski definition) is 2. The van der Waals surface area contributed by atoms with Gasteiger partial charge in [-0.2, -0.15) is 13.2 Å². The average molecular weight is 261 g/mol. The van der Waals surface area contributed by atoms with Gasteiger partial charge in [-0.25, -0.2) is 0 Å². The minimum Gasteiger partial charge on any atom is -0.396 e. The minimum atomic E-state index is -4.33. The number of aliphatic hydroxyl groups is 1. The second kappa shape index (κ2) is 6.20. The summed E-state index contributed by atoms with van der Waals surface area (Å²) in [6.45, 7) is 3.83. The standard InChI is InChI=1S/C13H18F3NO/c1-9(8-18)10(2)17-7-11-5-3-4-6-12(11)13(14,15)16/h3-6,9-10,17-18H,7-8H2,1-2H3. The molecule has 2 atom stereocenters. The number of hydrogen-bond acceptors (Lipinski definition) is 2. The van der Waals surface area contributed by atoms with E-state index >= 15 is 0 Å². The van der Waals surface area contributed by atoms with Crippen LogP contribution in [0.25, 0.3) is 0 Å². The summed E-state index contributed by atoms with van der Waals surface area (Å²) < 4.78 is 38.2. The Bertz CT molecular complexity index is 379. The van der Waals surface area contributed by atoms with E-state index in [0.717, 1.165) is 6.07 Å². The van der Waals surface area contributed by atoms with Crippen molar-refractivity contribution in [3.05, 3.63) is 35.4 Å². The van der Waals surface area contributed by atoms with Crippen LogP contribution >= 0.6 is 0 Å². The molecule has 0 amide bonds. The van der Waals surface area contributed by atoms with Gasteiger partial charge >= 0.3 is 6.18 Å². The van der Waals surface area contributed by atoms with Crippen LogP contribution in [0.1, 0.15) is 25.0 Å². The van der Waals surface area contributed by atoms with Crippen molar-refractivity contribution in [2.45, 2.75) is 32.6 Å². The smallest absolute Gasteiger partial charge is 0.396 e. The molecule has 5 heteroatoms. The summed E-state index contributed by atoms with van der Waals surface area (Å²) in [6, 6.07) is 5.47. The zero-order chi connectivity index (χ0) is 13.8. The van der Waals surface area contributed by atoms with Gasteiger partial charge in [0, 0.05) is 19.2 Å². The summed E-state index contributed by atoms with van der Waals surface area (Å²) in [5.74, 6) is 0.00282. The molecular formula is C13H18F3NO. The summed E-state index contributed by atoms with van der Waals surface area (Å²) in [5.41, 5.74) is -0.386. The number of aliphatic hydroxyl groups excluding tert-OH is 1. The molecule has 0 bridgehead atoms. The van der Waals surface area contributed by atoms with E-state index in [0.29, 0.717) is 0 Å². The van der Waals surface area contributed by atoms with E-state index in [1.807, 2.05) is 13.8 Å². The quantitative estimate of drug-likeness (QED) is 0.854. The summed E-state index contributed by atoms with van der Waals surface area (Å²) in [5, 5.41) is 12.0. The van der Waals surface area contributed by atoms with E-state index in [2.05, 4.69) is 5.32 Å². The monoisotopic (exact) mass is 261 g/mol. The molecule has 0 aliphatic carbocycles. The van der Waals surface area contributed by atoms with Gasteiger partial charge in [0.2, 0.25) is 0 Å². The highest BCUT2D eigenvalue weighted by Gasteiger charge is 2.32. The number of benzene rings is 1. The lowest BCUT2D eigenvalue weighted by molar-refractivity contribution is -0.138. The second-order valence-corrected chi connectivity index (χ2v) is 4.48. The predicted molar refractivity (Wildman–Crippen MR) is 64.0 cm³/mol. The highest BCUT2D eigenvalue weighted by atomic mass is 19.4. The zero-order valence-electron chi connectivity index (χ0n) is 10.5. The molecule has 18 heavy (non-hydrogen) atoms. The molecule has 1 aromatic carbocycles. The van der Waals surface area contributed by atoms with Gasteiger partial charge in [-0.3, -0.25) is 0 Å². The molecule has 0 heterocycles. The molecule has 0 aromatic heterocycles. The van der Waals surface area contributed by atoms with Crippen molar-refractivity contribution in [1.82, 2.24) is 5.32 Å². The van der Waals surface area contributed by atoms with Crippen molar-refractivity contribution in [1.29, 1.82) is 0 Å². The van der Waals surface area contributed by atoms with Crippen LogP contribution in [0.2, 0.25) is 0 Å². The third kappa shape index (κ3) is 3.99. The fourth-order valence-electron chi connectivity index (χ4n) is 1.58. The first kappa shape index (κ1) is 15.0. The fourth-order valence-corrected chi connectivity index (χ4v) is 1.58. The molecule has 1 rings (SSSR count). The SMILES string of the molecule is CC(CO)C(C)NCc1ccccc1C(F)(F)F. The lowest BCUT2D eigenvalue weighted by Gasteiger charge is -2.20. The molecule has 2 unspecified atom stereocenters. The van der Waals surface area contributed by atoms with E-state index in [9.17, 15) is 13.2 Å². The third-order valence-corrected chi connectivity index (χ3v) is 3.08. The Labute approximate surface area is 105 Å². The van der Waals surface area contributed by atoms with E-state index in [1.54, 1.807) is 6.07 Å². The highest BCUT2D eigenvalue weighted by Crippen LogP contribution is 2.31. The molecule has 0 fully saturated rings. The van der Waals surface area contributed by atoms with E-state index in [1.165, 1.54) is 12.1 Å². The minimum absolute atomic E-state index is 0.00282. The van der Waals surface area contributed by atoms with Crippen molar-refractivity contribution in [2.75, 3.05) is 6.61 Å². The van der Waals surface area contributed by atoms with Crippen molar-refractivity contribution in [3.63, 3.8) is 0 Å². The van der Waals surface area contributed by atoms with Crippen molar-refractivity contribution in [2.24, 2.45) is 5.92 Å². The lowest BCUT2D eigenvalue weighted by Crippen LogP contribution is -2.33. The summed E-state index contributed by atoms with van der Waals surface area (Å²) >= 11 is 0. The van der Waals surface area contributed by atoms with Gasteiger partial charge in [0.1, 0.15) is 0 Å². The second-order valence-electron chi connectivity index (χ2n) is 4.48. The van der Waals surface area contributed by atoms with Crippen molar-refractivity contribution in [3.8, 4) is 0 Å². The maximum atomic E-state index is 12.7. The molecule has 0 saturated carbocycles. The number of alkyl halides is 3. The summed E-state index contributed by atoms with van der Waals surface area (Å²) in [7, 11) is 0. The average Bonchev–Trinajstić information content (AvgIpc) is 2.34. The van der Waals surface area contributed by atoms with Crippen LogP contribution in [0.15, 0.2) is 24.3 Å². The van der Waals surface area contributed by atoms with E-state index in [-0.39, 0.29) is 30.7 Å². The van der Waals surface area contributed by atoms with Gasteiger partial charge in [-0.15, -0.1) is 0 Å². The molecule has 0 saturated heterocycles. The Balaban J connectivity index is 2.74. The van der Waals surface area contributed by atoms with Crippen LogP contribution in [0.4, 0.5) is 13.2 Å². The molecule has 2 N–H and O–H groups in total. The lowest BCUT2D eigenvalue weighted by atomic mass is 10.0. The van der Waals surface area contributed by atoms with Crippen LogP contribution in [0.5, 0.6) is 0 Å². The predicted octanol–water partition coefficient (Wildman–Crippen LogP) is 2.81. The fraction of sp³-hybridized carbons (Fsp3) is 0.538. The van der Waals surface area contributed by atoms with Crippen LogP contribution < -0.4 is 5.32 Å². The van der Waals surface area contributed by atoms with E-state index < -0.39 is 11.7 Å². The van der Waals surface area contributed by atoms with E-state index in [4.69, 9.17) is 5.11 Å². The van der Waals surface area contributed by atoms with Gasteiger partial charge in [-0.05, 0) is 24.5 Å². The van der Waals surface area contributed by atoms with Gasteiger partial charge in [0.25, 0.3) is 0 Å². The van der Waals surface area contributed by atoms with Crippen LogP contribution in [-0.2, 0) is 12.7 Å². The van der Waals surface area contributed by atoms with Gasteiger partial charge in [0.05, 0.1) is 5.56 Å². The molecule has 0 spiro atoms. The number of rotatable bonds is 5. The Morgan fingerprint density at radius 2 is 1.83 bits per heavy atom. The Kier molecular flexibility index (Phi) is 5.16. The highest BCUT2D eigenvalue weighted by molar-refractivity contribution is 5.29. The van der Waals surface area contributed by atoms with Crippen LogP contribution in [-0.4, -0.2) is 17.8 Å². The number of halogens is 3. The summed E-state index contributed by atoms with van der Waals surface area (Å²) in [6.07, 6.45) is -4.33. The van der Waals surface area contributed by atoms with Gasteiger partial charge < -0.3 is 10.4 Å². The van der Waals surface area contributed by atoms with Crippen molar-refractivity contribution < 1.29 is 18.3 Å². The third-order valence-electron chi connectivity index (χ3n) is 3.08.